The summed E-state index contributed by atoms with van der Waals surface area (Å²) < 4.78 is 5.12. The van der Waals surface area contributed by atoms with Gasteiger partial charge in [-0.05, 0) is 19.3 Å². The van der Waals surface area contributed by atoms with E-state index in [2.05, 4.69) is 13.8 Å². The molecular weight excluding hydrogens is 284 g/mol. The van der Waals surface area contributed by atoms with E-state index in [1.807, 2.05) is 0 Å². The van der Waals surface area contributed by atoms with E-state index in [0.29, 0.717) is 6.61 Å². The van der Waals surface area contributed by atoms with Gasteiger partial charge in [0.1, 0.15) is 0 Å². The summed E-state index contributed by atoms with van der Waals surface area (Å²) in [6.07, 6.45) is 20.2. The maximum Gasteiger partial charge on any atom is 0.151 e. The number of hydrogen-bond donors (Lipinski definition) is 1. The van der Waals surface area contributed by atoms with Crippen molar-refractivity contribution >= 4 is 0 Å². The standard InChI is InChI=1S/C21H44O2/c1-20(2)18-16-14-12-10-8-6-4-5-7-9-11-13-15-17-19-23-21(3)22/h20-22H,4-19H2,1-3H3. The second-order valence-corrected chi connectivity index (χ2v) is 7.60. The summed E-state index contributed by atoms with van der Waals surface area (Å²) in [5, 5.41) is 8.97. The van der Waals surface area contributed by atoms with Crippen molar-refractivity contribution in [2.45, 2.75) is 123 Å². The fraction of sp³-hybridized carbons (Fsp3) is 1.00. The molecule has 2 heteroatoms. The lowest BCUT2D eigenvalue weighted by atomic mass is 10.0. The van der Waals surface area contributed by atoms with Crippen LogP contribution < -0.4 is 0 Å². The summed E-state index contributed by atoms with van der Waals surface area (Å²) in [5.74, 6) is 0.882. The zero-order valence-corrected chi connectivity index (χ0v) is 16.3. The lowest BCUT2D eigenvalue weighted by molar-refractivity contribution is -0.0859. The van der Waals surface area contributed by atoms with Gasteiger partial charge >= 0.3 is 0 Å². The predicted molar refractivity (Wildman–Crippen MR) is 102 cm³/mol. The molecule has 0 bridgehead atoms. The Morgan fingerprint density at radius 1 is 0.565 bits per heavy atom. The molecule has 0 amide bonds. The molecule has 140 valence electrons. The fourth-order valence-electron chi connectivity index (χ4n) is 3.03. The number of ether oxygens (including phenoxy) is 1. The van der Waals surface area contributed by atoms with Gasteiger partial charge in [0.2, 0.25) is 0 Å². The summed E-state index contributed by atoms with van der Waals surface area (Å²) in [7, 11) is 0. The number of hydrogen-bond acceptors (Lipinski definition) is 2. The van der Waals surface area contributed by atoms with Crippen LogP contribution in [0, 0.1) is 5.92 Å². The van der Waals surface area contributed by atoms with Crippen LogP contribution in [0.15, 0.2) is 0 Å². The first-order valence-corrected chi connectivity index (χ1v) is 10.4. The van der Waals surface area contributed by atoms with Crippen molar-refractivity contribution in [2.75, 3.05) is 6.61 Å². The Bertz CT molecular complexity index is 192. The molecular formula is C21H44O2. The molecule has 0 aromatic heterocycles. The van der Waals surface area contributed by atoms with E-state index >= 15 is 0 Å². The predicted octanol–water partition coefficient (Wildman–Crippen LogP) is 6.85. The molecule has 0 saturated carbocycles. The van der Waals surface area contributed by atoms with E-state index in [-0.39, 0.29) is 0 Å². The molecule has 0 radical (unpaired) electrons. The van der Waals surface area contributed by atoms with Crippen molar-refractivity contribution in [3.63, 3.8) is 0 Å². The molecule has 0 spiro atoms. The van der Waals surface area contributed by atoms with E-state index in [9.17, 15) is 0 Å². The lowest BCUT2D eigenvalue weighted by Crippen LogP contribution is -2.06. The molecule has 1 N–H and O–H groups in total. The molecule has 0 aliphatic rings. The Morgan fingerprint density at radius 2 is 0.913 bits per heavy atom. The zero-order valence-electron chi connectivity index (χ0n) is 16.3. The van der Waals surface area contributed by atoms with Gasteiger partial charge in [-0.2, -0.15) is 0 Å². The molecule has 0 saturated heterocycles. The molecule has 1 atom stereocenters. The van der Waals surface area contributed by atoms with Gasteiger partial charge < -0.3 is 9.84 Å². The van der Waals surface area contributed by atoms with Crippen molar-refractivity contribution < 1.29 is 9.84 Å². The molecule has 23 heavy (non-hydrogen) atoms. The van der Waals surface area contributed by atoms with Crippen LogP contribution in [0.25, 0.3) is 0 Å². The van der Waals surface area contributed by atoms with Crippen molar-refractivity contribution in [1.82, 2.24) is 0 Å². The van der Waals surface area contributed by atoms with Crippen molar-refractivity contribution in [3.05, 3.63) is 0 Å². The molecule has 0 fully saturated rings. The molecule has 0 aromatic rings. The second kappa shape index (κ2) is 18.3. The van der Waals surface area contributed by atoms with E-state index in [0.717, 1.165) is 12.3 Å². The minimum Gasteiger partial charge on any atom is -0.368 e. The molecule has 0 heterocycles. The summed E-state index contributed by atoms with van der Waals surface area (Å²) in [4.78, 5) is 0. The van der Waals surface area contributed by atoms with Crippen LogP contribution in [-0.4, -0.2) is 18.0 Å². The molecule has 2 nitrogen and oxygen atoms in total. The van der Waals surface area contributed by atoms with Gasteiger partial charge in [0.25, 0.3) is 0 Å². The normalized spacial score (nSPS) is 12.9. The van der Waals surface area contributed by atoms with Crippen LogP contribution in [0.1, 0.15) is 117 Å². The van der Waals surface area contributed by atoms with Gasteiger partial charge in [-0.15, -0.1) is 0 Å². The average molecular weight is 329 g/mol. The van der Waals surface area contributed by atoms with Crippen LogP contribution >= 0.6 is 0 Å². The zero-order chi connectivity index (χ0) is 17.2. The van der Waals surface area contributed by atoms with Crippen molar-refractivity contribution in [1.29, 1.82) is 0 Å². The fourth-order valence-corrected chi connectivity index (χ4v) is 3.03. The van der Waals surface area contributed by atoms with Gasteiger partial charge in [-0.3, -0.25) is 0 Å². The van der Waals surface area contributed by atoms with E-state index in [1.165, 1.54) is 89.9 Å². The number of unbranched alkanes of at least 4 members (excludes halogenated alkanes) is 13. The van der Waals surface area contributed by atoms with Gasteiger partial charge in [-0.1, -0.05) is 104 Å². The van der Waals surface area contributed by atoms with E-state index in [4.69, 9.17) is 9.84 Å². The third-order valence-corrected chi connectivity index (χ3v) is 4.53. The first kappa shape index (κ1) is 22.9. The highest BCUT2D eigenvalue weighted by molar-refractivity contribution is 4.51. The number of aliphatic hydroxyl groups is 1. The first-order chi connectivity index (χ1) is 11.1. The molecule has 0 aromatic carbocycles. The van der Waals surface area contributed by atoms with Crippen molar-refractivity contribution in [2.24, 2.45) is 5.92 Å². The Hall–Kier alpha value is -0.0800. The van der Waals surface area contributed by atoms with E-state index < -0.39 is 6.29 Å². The second-order valence-electron chi connectivity index (χ2n) is 7.60. The highest BCUT2D eigenvalue weighted by Crippen LogP contribution is 2.14. The monoisotopic (exact) mass is 328 g/mol. The third kappa shape index (κ3) is 21.9. The summed E-state index contributed by atoms with van der Waals surface area (Å²) >= 11 is 0. The smallest absolute Gasteiger partial charge is 0.151 e. The maximum atomic E-state index is 8.97. The Kier molecular flexibility index (Phi) is 18.2. The van der Waals surface area contributed by atoms with Crippen LogP contribution in [0.4, 0.5) is 0 Å². The molecule has 1 unspecified atom stereocenters. The number of rotatable bonds is 18. The lowest BCUT2D eigenvalue weighted by Gasteiger charge is -2.06. The maximum absolute atomic E-state index is 8.97. The minimum atomic E-state index is -0.602. The van der Waals surface area contributed by atoms with Gasteiger partial charge in [0, 0.05) is 6.61 Å². The summed E-state index contributed by atoms with van der Waals surface area (Å²) in [5.41, 5.74) is 0. The van der Waals surface area contributed by atoms with Crippen LogP contribution in [-0.2, 0) is 4.74 Å². The Morgan fingerprint density at radius 3 is 1.26 bits per heavy atom. The van der Waals surface area contributed by atoms with Gasteiger partial charge in [0.05, 0.1) is 0 Å². The Balaban J connectivity index is 2.97. The first-order valence-electron chi connectivity index (χ1n) is 10.4. The minimum absolute atomic E-state index is 0.602. The summed E-state index contributed by atoms with van der Waals surface area (Å²) in [6.45, 7) is 7.03. The highest BCUT2D eigenvalue weighted by Gasteiger charge is 1.97. The SMILES string of the molecule is CC(C)CCCCCCCCCCCCCCCCOC(C)O. The molecule has 0 aliphatic carbocycles. The van der Waals surface area contributed by atoms with Crippen LogP contribution in [0.3, 0.4) is 0 Å². The van der Waals surface area contributed by atoms with Crippen LogP contribution in [0.5, 0.6) is 0 Å². The topological polar surface area (TPSA) is 29.5 Å². The largest absolute Gasteiger partial charge is 0.368 e. The van der Waals surface area contributed by atoms with Gasteiger partial charge in [0.15, 0.2) is 6.29 Å². The average Bonchev–Trinajstić information content (AvgIpc) is 2.49. The Labute approximate surface area is 146 Å². The van der Waals surface area contributed by atoms with Crippen LogP contribution in [0.2, 0.25) is 0 Å². The molecule has 0 rings (SSSR count). The highest BCUT2D eigenvalue weighted by atomic mass is 16.6. The summed E-state index contributed by atoms with van der Waals surface area (Å²) in [6, 6.07) is 0. The quantitative estimate of drug-likeness (QED) is 0.220. The van der Waals surface area contributed by atoms with Crippen molar-refractivity contribution in [3.8, 4) is 0 Å². The number of aliphatic hydroxyl groups excluding tert-OH is 1. The van der Waals surface area contributed by atoms with E-state index in [1.54, 1.807) is 6.92 Å². The van der Waals surface area contributed by atoms with Gasteiger partial charge in [-0.25, -0.2) is 0 Å². The third-order valence-electron chi connectivity index (χ3n) is 4.53. The molecule has 0 aliphatic heterocycles.